The van der Waals surface area contributed by atoms with E-state index in [9.17, 15) is 8.42 Å². The minimum atomic E-state index is -3.55. The Hall–Kier alpha value is -1.67. The molecule has 120 valence electrons. The summed E-state index contributed by atoms with van der Waals surface area (Å²) in [5.74, 6) is 0. The Balaban J connectivity index is 1.92. The third-order valence-electron chi connectivity index (χ3n) is 4.38. The smallest absolute Gasteiger partial charge is 0.262 e. The van der Waals surface area contributed by atoms with Gasteiger partial charge < -0.3 is 4.57 Å². The molecule has 3 rings (SSSR count). The predicted molar refractivity (Wildman–Crippen MR) is 81.9 cm³/mol. The Kier molecular flexibility index (Phi) is 3.60. The van der Waals surface area contributed by atoms with Gasteiger partial charge in [0.2, 0.25) is 0 Å². The van der Waals surface area contributed by atoms with E-state index in [0.29, 0.717) is 13.1 Å². The molecule has 0 saturated carbocycles. The molecule has 1 saturated heterocycles. The van der Waals surface area contributed by atoms with Crippen LogP contribution in [-0.4, -0.2) is 45.6 Å². The van der Waals surface area contributed by atoms with Crippen molar-refractivity contribution in [2.75, 3.05) is 13.1 Å². The number of nitrogens with one attached hydrogen (secondary N) is 1. The van der Waals surface area contributed by atoms with Crippen LogP contribution >= 0.6 is 0 Å². The van der Waals surface area contributed by atoms with Crippen LogP contribution in [0.25, 0.3) is 0 Å². The molecule has 0 spiro atoms. The van der Waals surface area contributed by atoms with Crippen LogP contribution in [0.2, 0.25) is 0 Å². The Morgan fingerprint density at radius 1 is 1.41 bits per heavy atom. The second-order valence-corrected chi connectivity index (χ2v) is 8.19. The van der Waals surface area contributed by atoms with Crippen LogP contribution in [0.3, 0.4) is 0 Å². The number of aromatic amines is 1. The predicted octanol–water partition coefficient (Wildman–Crippen LogP) is 1.19. The zero-order valence-electron chi connectivity index (χ0n) is 13.1. The van der Waals surface area contributed by atoms with Crippen molar-refractivity contribution in [3.05, 3.63) is 30.0 Å². The second-order valence-electron chi connectivity index (χ2n) is 6.31. The maximum absolute atomic E-state index is 12.8. The number of imidazole rings is 1. The summed E-state index contributed by atoms with van der Waals surface area (Å²) in [6, 6.07) is 0. The zero-order valence-corrected chi connectivity index (χ0v) is 13.9. The Bertz CT molecular complexity index is 779. The number of aromatic nitrogens is 4. The summed E-state index contributed by atoms with van der Waals surface area (Å²) >= 11 is 0. The molecule has 0 aromatic carbocycles. The summed E-state index contributed by atoms with van der Waals surface area (Å²) < 4.78 is 28.7. The first-order valence-electron chi connectivity index (χ1n) is 7.31. The normalized spacial score (nSPS) is 23.8. The molecule has 1 aliphatic heterocycles. The highest BCUT2D eigenvalue weighted by Crippen LogP contribution is 2.35. The van der Waals surface area contributed by atoms with Gasteiger partial charge in [-0.25, -0.2) is 13.4 Å². The third kappa shape index (κ3) is 2.46. The highest BCUT2D eigenvalue weighted by molar-refractivity contribution is 7.89. The molecule has 0 radical (unpaired) electrons. The van der Waals surface area contributed by atoms with Crippen molar-refractivity contribution in [2.45, 2.75) is 37.1 Å². The van der Waals surface area contributed by atoms with E-state index in [1.165, 1.54) is 6.33 Å². The topological polar surface area (TPSA) is 83.9 Å². The van der Waals surface area contributed by atoms with E-state index in [1.807, 2.05) is 6.92 Å². The van der Waals surface area contributed by atoms with Gasteiger partial charge in [0.15, 0.2) is 5.03 Å². The molecule has 2 aromatic rings. The minimum absolute atomic E-state index is 0.112. The monoisotopic (exact) mass is 323 g/mol. The summed E-state index contributed by atoms with van der Waals surface area (Å²) in [6.07, 6.45) is 6.59. The van der Waals surface area contributed by atoms with Gasteiger partial charge >= 0.3 is 0 Å². The number of hydrogen-bond acceptors (Lipinski definition) is 4. The Morgan fingerprint density at radius 3 is 2.77 bits per heavy atom. The standard InChI is InChI=1S/C14H21N5O2S/c1-11-7-16-17-13(11)14(2)5-4-6-19(9-14)22(20,21)12-8-18(3)10-15-12/h7-8,10H,4-6,9H2,1-3H3,(H,16,17)/t14-/m0/s1. The first kappa shape index (κ1) is 15.2. The summed E-state index contributed by atoms with van der Waals surface area (Å²) in [6.45, 7) is 5.06. The summed E-state index contributed by atoms with van der Waals surface area (Å²) in [5, 5.41) is 7.23. The first-order valence-corrected chi connectivity index (χ1v) is 8.75. The summed E-state index contributed by atoms with van der Waals surface area (Å²) in [4.78, 5) is 4.00. The van der Waals surface area contributed by atoms with Crippen LogP contribution < -0.4 is 0 Å². The van der Waals surface area contributed by atoms with Crippen LogP contribution in [0.4, 0.5) is 0 Å². The van der Waals surface area contributed by atoms with Crippen LogP contribution in [-0.2, 0) is 22.5 Å². The van der Waals surface area contributed by atoms with Crippen molar-refractivity contribution in [1.82, 2.24) is 24.1 Å². The van der Waals surface area contributed by atoms with Gasteiger partial charge in [-0.3, -0.25) is 5.10 Å². The van der Waals surface area contributed by atoms with E-state index < -0.39 is 10.0 Å². The lowest BCUT2D eigenvalue weighted by molar-refractivity contribution is 0.235. The number of nitrogens with zero attached hydrogens (tertiary/aromatic N) is 4. The average molecular weight is 323 g/mol. The Morgan fingerprint density at radius 2 is 2.18 bits per heavy atom. The van der Waals surface area contributed by atoms with Gasteiger partial charge in [0.05, 0.1) is 12.5 Å². The van der Waals surface area contributed by atoms with Gasteiger partial charge in [-0.05, 0) is 25.3 Å². The second kappa shape index (κ2) is 5.20. The molecule has 22 heavy (non-hydrogen) atoms. The van der Waals surface area contributed by atoms with E-state index in [0.717, 1.165) is 24.1 Å². The molecule has 1 aliphatic rings. The zero-order chi connectivity index (χ0) is 16.0. The minimum Gasteiger partial charge on any atom is -0.339 e. The van der Waals surface area contributed by atoms with Gasteiger partial charge in [-0.2, -0.15) is 9.40 Å². The van der Waals surface area contributed by atoms with E-state index in [1.54, 1.807) is 28.3 Å². The van der Waals surface area contributed by atoms with Crippen molar-refractivity contribution in [3.63, 3.8) is 0 Å². The fourth-order valence-corrected chi connectivity index (χ4v) is 4.78. The van der Waals surface area contributed by atoms with Crippen LogP contribution in [0, 0.1) is 6.92 Å². The first-order chi connectivity index (χ1) is 10.3. The number of piperidine rings is 1. The molecular weight excluding hydrogens is 302 g/mol. The van der Waals surface area contributed by atoms with Crippen LogP contribution in [0.5, 0.6) is 0 Å². The van der Waals surface area contributed by atoms with Gasteiger partial charge in [-0.15, -0.1) is 0 Å². The van der Waals surface area contributed by atoms with E-state index >= 15 is 0 Å². The molecule has 0 amide bonds. The van der Waals surface area contributed by atoms with Crippen molar-refractivity contribution in [3.8, 4) is 0 Å². The quantitative estimate of drug-likeness (QED) is 0.920. The molecule has 1 atom stereocenters. The fraction of sp³-hybridized carbons (Fsp3) is 0.571. The number of sulfonamides is 1. The molecule has 2 aromatic heterocycles. The lowest BCUT2D eigenvalue weighted by Crippen LogP contribution is -2.47. The van der Waals surface area contributed by atoms with Crippen molar-refractivity contribution >= 4 is 10.0 Å². The lowest BCUT2D eigenvalue weighted by Gasteiger charge is -2.39. The van der Waals surface area contributed by atoms with Crippen molar-refractivity contribution in [2.24, 2.45) is 7.05 Å². The molecule has 8 heteroatoms. The van der Waals surface area contributed by atoms with Gasteiger partial charge in [0.1, 0.15) is 0 Å². The number of hydrogen-bond donors (Lipinski definition) is 1. The largest absolute Gasteiger partial charge is 0.339 e. The molecule has 1 fully saturated rings. The lowest BCUT2D eigenvalue weighted by atomic mass is 9.78. The highest BCUT2D eigenvalue weighted by atomic mass is 32.2. The van der Waals surface area contributed by atoms with E-state index in [2.05, 4.69) is 22.1 Å². The molecule has 0 bridgehead atoms. The molecule has 0 aliphatic carbocycles. The Labute approximate surface area is 130 Å². The van der Waals surface area contributed by atoms with E-state index in [-0.39, 0.29) is 10.4 Å². The maximum atomic E-state index is 12.8. The molecule has 1 N–H and O–H groups in total. The molecule has 3 heterocycles. The molecule has 7 nitrogen and oxygen atoms in total. The van der Waals surface area contributed by atoms with Gasteiger partial charge in [0, 0.05) is 37.4 Å². The number of aryl methyl sites for hydroxylation is 2. The molecule has 0 unspecified atom stereocenters. The van der Waals surface area contributed by atoms with E-state index in [4.69, 9.17) is 0 Å². The summed E-state index contributed by atoms with van der Waals surface area (Å²) in [5.41, 5.74) is 1.84. The third-order valence-corrected chi connectivity index (χ3v) is 6.11. The summed E-state index contributed by atoms with van der Waals surface area (Å²) in [7, 11) is -1.78. The maximum Gasteiger partial charge on any atom is 0.262 e. The highest BCUT2D eigenvalue weighted by Gasteiger charge is 2.40. The van der Waals surface area contributed by atoms with Gasteiger partial charge in [-0.1, -0.05) is 6.92 Å². The number of rotatable bonds is 3. The van der Waals surface area contributed by atoms with Crippen molar-refractivity contribution < 1.29 is 8.42 Å². The van der Waals surface area contributed by atoms with Crippen LogP contribution in [0.15, 0.2) is 23.7 Å². The molecular formula is C14H21N5O2S. The average Bonchev–Trinajstić information content (AvgIpc) is 3.08. The number of H-pyrrole nitrogens is 1. The fourth-order valence-electron chi connectivity index (χ4n) is 3.21. The SMILES string of the molecule is Cc1cn[nH]c1[C@@]1(C)CCCN(S(=O)(=O)c2cn(C)cn2)C1. The van der Waals surface area contributed by atoms with Crippen LogP contribution in [0.1, 0.15) is 31.0 Å². The van der Waals surface area contributed by atoms with Crippen molar-refractivity contribution in [1.29, 1.82) is 0 Å². The van der Waals surface area contributed by atoms with Gasteiger partial charge in [0.25, 0.3) is 10.0 Å².